The number of hydrogen-bond donors (Lipinski definition) is 1. The molecule has 0 saturated heterocycles. The third-order valence-electron chi connectivity index (χ3n) is 5.46. The van der Waals surface area contributed by atoms with Gasteiger partial charge in [0.1, 0.15) is 16.9 Å². The molecule has 0 unspecified atom stereocenters. The highest BCUT2D eigenvalue weighted by molar-refractivity contribution is 7.99. The molecule has 8 heteroatoms. The maximum atomic E-state index is 14.7. The van der Waals surface area contributed by atoms with Crippen molar-refractivity contribution in [2.24, 2.45) is 0 Å². The first-order valence-electron chi connectivity index (χ1n) is 10.6. The van der Waals surface area contributed by atoms with Crippen molar-refractivity contribution in [2.75, 3.05) is 11.1 Å². The van der Waals surface area contributed by atoms with Gasteiger partial charge in [0, 0.05) is 11.1 Å². The summed E-state index contributed by atoms with van der Waals surface area (Å²) < 4.78 is 21.6. The quantitative estimate of drug-likeness (QED) is 0.265. The molecule has 0 aliphatic heterocycles. The van der Waals surface area contributed by atoms with E-state index in [1.54, 1.807) is 24.3 Å². The summed E-state index contributed by atoms with van der Waals surface area (Å²) in [4.78, 5) is 30.8. The summed E-state index contributed by atoms with van der Waals surface area (Å²) >= 11 is 1.06. The third-order valence-corrected chi connectivity index (χ3v) is 6.40. The number of furan rings is 1. The van der Waals surface area contributed by atoms with Crippen LogP contribution < -0.4 is 10.9 Å². The number of aromatic nitrogens is 2. The van der Waals surface area contributed by atoms with Crippen LogP contribution in [0.4, 0.5) is 10.1 Å². The SMILES string of the molecule is Cc1ccc(C)c(NC(=O)CSc2nc3c(oc4ccccc43)c(=O)n2-c2ccccc2F)c1. The molecule has 0 fully saturated rings. The molecule has 6 nitrogen and oxygen atoms in total. The number of para-hydroxylation sites is 2. The van der Waals surface area contributed by atoms with Gasteiger partial charge >= 0.3 is 5.56 Å². The second-order valence-corrected chi connectivity index (χ2v) is 8.86. The minimum Gasteiger partial charge on any atom is -0.448 e. The number of amides is 1. The summed E-state index contributed by atoms with van der Waals surface area (Å²) in [6.07, 6.45) is 0. The van der Waals surface area contributed by atoms with Crippen LogP contribution in [0.5, 0.6) is 0 Å². The highest BCUT2D eigenvalue weighted by atomic mass is 32.2. The molecule has 1 amide bonds. The average Bonchev–Trinajstić information content (AvgIpc) is 3.20. The lowest BCUT2D eigenvalue weighted by molar-refractivity contribution is -0.113. The van der Waals surface area contributed by atoms with Crippen LogP contribution >= 0.6 is 11.8 Å². The van der Waals surface area contributed by atoms with Crippen LogP contribution in [0.2, 0.25) is 0 Å². The van der Waals surface area contributed by atoms with Crippen LogP contribution in [0.3, 0.4) is 0 Å². The first-order chi connectivity index (χ1) is 16.4. The number of benzene rings is 3. The molecular weight excluding hydrogens is 453 g/mol. The predicted molar refractivity (Wildman–Crippen MR) is 132 cm³/mol. The lowest BCUT2D eigenvalue weighted by Gasteiger charge is -2.13. The van der Waals surface area contributed by atoms with Crippen molar-refractivity contribution < 1.29 is 13.6 Å². The standard InChI is InChI=1S/C26H20FN3O3S/c1-15-11-12-16(2)19(13-15)28-22(31)14-34-26-29-23-17-7-3-6-10-21(17)33-24(23)25(32)30(26)20-9-5-4-8-18(20)27/h3-13H,14H2,1-2H3,(H,28,31). The molecule has 1 N–H and O–H groups in total. The van der Waals surface area contributed by atoms with Crippen molar-refractivity contribution in [1.29, 1.82) is 0 Å². The van der Waals surface area contributed by atoms with Crippen LogP contribution in [0, 0.1) is 19.7 Å². The van der Waals surface area contributed by atoms with Gasteiger partial charge in [0.05, 0.1) is 11.4 Å². The minimum atomic E-state index is -0.580. The van der Waals surface area contributed by atoms with Gasteiger partial charge in [-0.3, -0.25) is 9.59 Å². The molecule has 3 aromatic carbocycles. The van der Waals surface area contributed by atoms with Gasteiger partial charge in [0.15, 0.2) is 5.16 Å². The number of thioether (sulfide) groups is 1. The molecule has 34 heavy (non-hydrogen) atoms. The zero-order valence-corrected chi connectivity index (χ0v) is 19.3. The Morgan fingerprint density at radius 1 is 1.09 bits per heavy atom. The molecule has 2 aromatic heterocycles. The van der Waals surface area contributed by atoms with E-state index in [2.05, 4.69) is 10.3 Å². The molecule has 2 heterocycles. The van der Waals surface area contributed by atoms with E-state index >= 15 is 0 Å². The second kappa shape index (κ2) is 8.79. The summed E-state index contributed by atoms with van der Waals surface area (Å²) in [5, 5.41) is 3.78. The Hall–Kier alpha value is -3.91. The normalized spacial score (nSPS) is 11.3. The first-order valence-corrected chi connectivity index (χ1v) is 11.6. The third kappa shape index (κ3) is 3.97. The van der Waals surface area contributed by atoms with Crippen molar-refractivity contribution in [3.8, 4) is 5.69 Å². The fourth-order valence-electron chi connectivity index (χ4n) is 3.75. The summed E-state index contributed by atoms with van der Waals surface area (Å²) in [7, 11) is 0. The van der Waals surface area contributed by atoms with E-state index in [0.717, 1.165) is 33.1 Å². The van der Waals surface area contributed by atoms with Gasteiger partial charge < -0.3 is 9.73 Å². The lowest BCUT2D eigenvalue weighted by Crippen LogP contribution is -2.23. The van der Waals surface area contributed by atoms with Gasteiger partial charge in [0.25, 0.3) is 0 Å². The zero-order chi connectivity index (χ0) is 23.8. The fraction of sp³-hybridized carbons (Fsp3) is 0.115. The van der Waals surface area contributed by atoms with E-state index in [4.69, 9.17) is 4.42 Å². The zero-order valence-electron chi connectivity index (χ0n) is 18.5. The topological polar surface area (TPSA) is 77.1 Å². The molecule has 0 radical (unpaired) electrons. The summed E-state index contributed by atoms with van der Waals surface area (Å²) in [5.74, 6) is -0.857. The maximum absolute atomic E-state index is 14.7. The molecule has 0 spiro atoms. The average molecular weight is 474 g/mol. The first kappa shape index (κ1) is 21.9. The van der Waals surface area contributed by atoms with Crippen LogP contribution in [-0.4, -0.2) is 21.2 Å². The Labute approximate surface area is 198 Å². The Morgan fingerprint density at radius 2 is 1.85 bits per heavy atom. The number of nitrogens with one attached hydrogen (secondary N) is 1. The van der Waals surface area contributed by atoms with Crippen molar-refractivity contribution in [3.63, 3.8) is 0 Å². The Kier molecular flexibility index (Phi) is 5.67. The predicted octanol–water partition coefficient (Wildman–Crippen LogP) is 5.62. The Bertz CT molecular complexity index is 1620. The molecule has 0 aliphatic rings. The van der Waals surface area contributed by atoms with E-state index in [0.29, 0.717) is 16.5 Å². The molecule has 0 saturated carbocycles. The maximum Gasteiger partial charge on any atom is 0.302 e. The van der Waals surface area contributed by atoms with Crippen LogP contribution in [0.1, 0.15) is 11.1 Å². The number of rotatable bonds is 5. The lowest BCUT2D eigenvalue weighted by atomic mass is 10.1. The number of carbonyl (C=O) groups is 1. The molecule has 5 rings (SSSR count). The smallest absolute Gasteiger partial charge is 0.302 e. The molecular formula is C26H20FN3O3S. The number of carbonyl (C=O) groups excluding carboxylic acids is 1. The largest absolute Gasteiger partial charge is 0.448 e. The highest BCUT2D eigenvalue weighted by Gasteiger charge is 2.21. The van der Waals surface area contributed by atoms with Crippen molar-refractivity contribution in [1.82, 2.24) is 9.55 Å². The van der Waals surface area contributed by atoms with E-state index in [1.165, 1.54) is 12.1 Å². The number of fused-ring (bicyclic) bond motifs is 3. The van der Waals surface area contributed by atoms with E-state index < -0.39 is 11.4 Å². The van der Waals surface area contributed by atoms with E-state index in [1.807, 2.05) is 44.2 Å². The summed E-state index contributed by atoms with van der Waals surface area (Å²) in [6.45, 7) is 3.86. The summed E-state index contributed by atoms with van der Waals surface area (Å²) in [6, 6.07) is 18.9. The second-order valence-electron chi connectivity index (χ2n) is 7.92. The van der Waals surface area contributed by atoms with Gasteiger partial charge in [-0.1, -0.05) is 48.2 Å². The molecule has 170 valence electrons. The van der Waals surface area contributed by atoms with Crippen LogP contribution in [-0.2, 0) is 4.79 Å². The van der Waals surface area contributed by atoms with Gasteiger partial charge in [-0.2, -0.15) is 0 Å². The number of hydrogen-bond acceptors (Lipinski definition) is 5. The van der Waals surface area contributed by atoms with Gasteiger partial charge in [-0.05, 0) is 55.3 Å². The highest BCUT2D eigenvalue weighted by Crippen LogP contribution is 2.29. The number of nitrogens with zero attached hydrogens (tertiary/aromatic N) is 2. The number of halogens is 1. The fourth-order valence-corrected chi connectivity index (χ4v) is 4.55. The van der Waals surface area contributed by atoms with Gasteiger partial charge in [-0.15, -0.1) is 0 Å². The van der Waals surface area contributed by atoms with Gasteiger partial charge in [0.2, 0.25) is 11.5 Å². The summed E-state index contributed by atoms with van der Waals surface area (Å²) in [5.41, 5.74) is 3.12. The van der Waals surface area contributed by atoms with Crippen LogP contribution in [0.15, 0.2) is 81.1 Å². The Balaban J connectivity index is 1.57. The monoisotopic (exact) mass is 473 g/mol. The van der Waals surface area contributed by atoms with E-state index in [-0.39, 0.29) is 28.1 Å². The van der Waals surface area contributed by atoms with E-state index in [9.17, 15) is 14.0 Å². The minimum absolute atomic E-state index is 0.0183. The van der Waals surface area contributed by atoms with Crippen molar-refractivity contribution >= 4 is 45.4 Å². The van der Waals surface area contributed by atoms with Crippen molar-refractivity contribution in [3.05, 3.63) is 94.0 Å². The number of anilines is 1. The van der Waals surface area contributed by atoms with Gasteiger partial charge in [-0.25, -0.2) is 13.9 Å². The Morgan fingerprint density at radius 3 is 2.68 bits per heavy atom. The van der Waals surface area contributed by atoms with Crippen LogP contribution in [0.25, 0.3) is 27.8 Å². The number of aryl methyl sites for hydroxylation is 2. The molecule has 0 bridgehead atoms. The molecule has 5 aromatic rings. The van der Waals surface area contributed by atoms with Crippen molar-refractivity contribution in [2.45, 2.75) is 19.0 Å². The molecule has 0 aliphatic carbocycles. The molecule has 0 atom stereocenters.